The van der Waals surface area contributed by atoms with E-state index in [0.29, 0.717) is 33.3 Å². The fourth-order valence-electron chi connectivity index (χ4n) is 3.41. The first kappa shape index (κ1) is 17.4. The second-order valence-corrected chi connectivity index (χ2v) is 6.86. The molecule has 1 aliphatic heterocycles. The van der Waals surface area contributed by atoms with E-state index >= 15 is 0 Å². The Morgan fingerprint density at radius 2 is 2.04 bits per heavy atom. The number of Topliss-reactive ketones (excluding diaryl/α,β-unsaturated/α-hetero) is 1. The predicted molar refractivity (Wildman–Crippen MR) is 100 cm³/mol. The molecule has 1 aliphatic rings. The van der Waals surface area contributed by atoms with E-state index in [1.807, 2.05) is 0 Å². The molecule has 1 unspecified atom stereocenters. The van der Waals surface area contributed by atoms with Gasteiger partial charge < -0.3 is 5.32 Å². The van der Waals surface area contributed by atoms with Crippen LogP contribution in [0.1, 0.15) is 34.0 Å². The molecule has 27 heavy (non-hydrogen) atoms. The molecule has 0 aliphatic carbocycles. The van der Waals surface area contributed by atoms with Crippen molar-refractivity contribution in [2.75, 3.05) is 5.32 Å². The van der Waals surface area contributed by atoms with Gasteiger partial charge in [0.05, 0.1) is 17.3 Å². The van der Waals surface area contributed by atoms with Crippen LogP contribution in [0.4, 0.5) is 10.2 Å². The van der Waals surface area contributed by atoms with Crippen LogP contribution in [0.3, 0.4) is 0 Å². The van der Waals surface area contributed by atoms with Crippen LogP contribution in [0.2, 0.25) is 5.02 Å². The second-order valence-electron chi connectivity index (χ2n) is 6.42. The van der Waals surface area contributed by atoms with Gasteiger partial charge in [0.15, 0.2) is 5.78 Å². The monoisotopic (exact) mass is 383 g/mol. The number of nitrogens with zero attached hydrogens (tertiary/aromatic N) is 2. The lowest BCUT2D eigenvalue weighted by molar-refractivity contribution is -0.116. The van der Waals surface area contributed by atoms with E-state index in [4.69, 9.17) is 11.6 Å². The fourth-order valence-corrected chi connectivity index (χ4v) is 3.60. The van der Waals surface area contributed by atoms with Crippen LogP contribution < -0.4 is 5.32 Å². The number of aromatic nitrogens is 2. The van der Waals surface area contributed by atoms with Crippen LogP contribution in [0.5, 0.6) is 0 Å². The Morgan fingerprint density at radius 3 is 2.78 bits per heavy atom. The van der Waals surface area contributed by atoms with Gasteiger partial charge in [0.1, 0.15) is 11.6 Å². The molecule has 1 aromatic heterocycles. The minimum absolute atomic E-state index is 0.0219. The lowest BCUT2D eigenvalue weighted by Gasteiger charge is -2.23. The number of amides is 1. The lowest BCUT2D eigenvalue weighted by Crippen LogP contribution is -2.28. The Balaban J connectivity index is 1.83. The molecule has 2 aromatic carbocycles. The SMILES string of the molecule is Cc1nn(-c2cccc(F)c2)c2c1C(C(=O)c1cccc(Cl)c1)CC(=O)N2. The quantitative estimate of drug-likeness (QED) is 0.686. The van der Waals surface area contributed by atoms with Crippen LogP contribution in [-0.4, -0.2) is 21.5 Å². The highest BCUT2D eigenvalue weighted by Crippen LogP contribution is 2.38. The van der Waals surface area contributed by atoms with Gasteiger partial charge in [-0.05, 0) is 37.3 Å². The number of anilines is 1. The Hall–Kier alpha value is -2.99. The average Bonchev–Trinajstić information content (AvgIpc) is 2.97. The highest BCUT2D eigenvalue weighted by molar-refractivity contribution is 6.31. The summed E-state index contributed by atoms with van der Waals surface area (Å²) in [5, 5.41) is 7.67. The first-order chi connectivity index (χ1) is 12.9. The summed E-state index contributed by atoms with van der Waals surface area (Å²) in [7, 11) is 0. The topological polar surface area (TPSA) is 64.0 Å². The average molecular weight is 384 g/mol. The molecule has 4 rings (SSSR count). The highest BCUT2D eigenvalue weighted by atomic mass is 35.5. The maximum absolute atomic E-state index is 13.6. The number of carbonyl (C=O) groups excluding carboxylic acids is 2. The van der Waals surface area contributed by atoms with Gasteiger partial charge >= 0.3 is 0 Å². The van der Waals surface area contributed by atoms with Crippen molar-refractivity contribution in [2.45, 2.75) is 19.3 Å². The van der Waals surface area contributed by atoms with Gasteiger partial charge in [0.2, 0.25) is 5.91 Å². The Labute approximate surface area is 159 Å². The van der Waals surface area contributed by atoms with Gasteiger partial charge in [-0.2, -0.15) is 5.10 Å². The Kier molecular flexibility index (Phi) is 4.28. The number of fused-ring (bicyclic) bond motifs is 1. The highest BCUT2D eigenvalue weighted by Gasteiger charge is 2.36. The molecule has 3 aromatic rings. The normalized spacial score (nSPS) is 16.0. The number of carbonyl (C=O) groups is 2. The molecule has 0 saturated carbocycles. The molecule has 1 atom stereocenters. The molecular weight excluding hydrogens is 369 g/mol. The van der Waals surface area contributed by atoms with E-state index < -0.39 is 11.7 Å². The minimum atomic E-state index is -0.672. The van der Waals surface area contributed by atoms with Crippen molar-refractivity contribution < 1.29 is 14.0 Å². The van der Waals surface area contributed by atoms with Crippen molar-refractivity contribution in [3.05, 3.63) is 76.2 Å². The zero-order valence-corrected chi connectivity index (χ0v) is 15.1. The van der Waals surface area contributed by atoms with E-state index in [1.165, 1.54) is 16.8 Å². The number of hydrogen-bond acceptors (Lipinski definition) is 3. The standard InChI is InChI=1S/C20H15ClFN3O2/c1-11-18-16(19(27)12-4-2-5-13(21)8-12)10-17(26)23-20(18)25(24-11)15-7-3-6-14(22)9-15/h2-9,16H,10H2,1H3,(H,23,26). The molecular formula is C20H15ClFN3O2. The maximum Gasteiger partial charge on any atom is 0.226 e. The summed E-state index contributed by atoms with van der Waals surface area (Å²) in [6.07, 6.45) is 0.0219. The second kappa shape index (κ2) is 6.63. The number of nitrogens with one attached hydrogen (secondary N) is 1. The van der Waals surface area contributed by atoms with Crippen LogP contribution in [0.15, 0.2) is 48.5 Å². The summed E-state index contributed by atoms with van der Waals surface area (Å²) in [6, 6.07) is 12.5. The third-order valence-electron chi connectivity index (χ3n) is 4.58. The first-order valence-corrected chi connectivity index (χ1v) is 8.77. The molecule has 136 valence electrons. The predicted octanol–water partition coefficient (Wildman–Crippen LogP) is 4.28. The van der Waals surface area contributed by atoms with Crippen molar-refractivity contribution in [1.29, 1.82) is 0 Å². The van der Waals surface area contributed by atoms with E-state index in [2.05, 4.69) is 10.4 Å². The third-order valence-corrected chi connectivity index (χ3v) is 4.82. The summed E-state index contributed by atoms with van der Waals surface area (Å²) < 4.78 is 15.1. The van der Waals surface area contributed by atoms with E-state index in [0.717, 1.165) is 0 Å². The summed E-state index contributed by atoms with van der Waals surface area (Å²) in [5.74, 6) is -1.18. The number of hydrogen-bond donors (Lipinski definition) is 1. The van der Waals surface area contributed by atoms with Gasteiger partial charge in [-0.15, -0.1) is 0 Å². The van der Waals surface area contributed by atoms with Gasteiger partial charge in [-0.25, -0.2) is 9.07 Å². The summed E-state index contributed by atoms with van der Waals surface area (Å²) in [4.78, 5) is 25.4. The number of halogens is 2. The van der Waals surface area contributed by atoms with E-state index in [1.54, 1.807) is 43.3 Å². The Bertz CT molecular complexity index is 1080. The Morgan fingerprint density at radius 1 is 1.26 bits per heavy atom. The minimum Gasteiger partial charge on any atom is -0.310 e. The molecule has 1 amide bonds. The van der Waals surface area contributed by atoms with Crippen molar-refractivity contribution in [2.24, 2.45) is 0 Å². The molecule has 0 radical (unpaired) electrons. The van der Waals surface area contributed by atoms with Gasteiger partial charge in [0, 0.05) is 22.6 Å². The van der Waals surface area contributed by atoms with Crippen LogP contribution in [0.25, 0.3) is 5.69 Å². The summed E-state index contributed by atoms with van der Waals surface area (Å²) in [6.45, 7) is 1.77. The molecule has 7 heteroatoms. The van der Waals surface area contributed by atoms with Crippen molar-refractivity contribution in [1.82, 2.24) is 9.78 Å². The van der Waals surface area contributed by atoms with Crippen molar-refractivity contribution in [3.63, 3.8) is 0 Å². The van der Waals surface area contributed by atoms with Gasteiger partial charge in [-0.1, -0.05) is 29.8 Å². The van der Waals surface area contributed by atoms with Crippen LogP contribution >= 0.6 is 11.6 Å². The molecule has 5 nitrogen and oxygen atoms in total. The largest absolute Gasteiger partial charge is 0.310 e. The number of aryl methyl sites for hydroxylation is 1. The molecule has 0 saturated heterocycles. The maximum atomic E-state index is 13.6. The zero-order chi connectivity index (χ0) is 19.1. The van der Waals surface area contributed by atoms with E-state index in [9.17, 15) is 14.0 Å². The van der Waals surface area contributed by atoms with Crippen LogP contribution in [-0.2, 0) is 4.79 Å². The number of benzene rings is 2. The van der Waals surface area contributed by atoms with Crippen molar-refractivity contribution in [3.8, 4) is 5.69 Å². The molecule has 0 fully saturated rings. The molecule has 2 heterocycles. The fraction of sp³-hybridized carbons (Fsp3) is 0.150. The number of rotatable bonds is 3. The van der Waals surface area contributed by atoms with E-state index in [-0.39, 0.29) is 18.1 Å². The third kappa shape index (κ3) is 3.13. The first-order valence-electron chi connectivity index (χ1n) is 8.39. The van der Waals surface area contributed by atoms with Gasteiger partial charge in [-0.3, -0.25) is 9.59 Å². The van der Waals surface area contributed by atoms with Crippen molar-refractivity contribution >= 4 is 29.1 Å². The summed E-state index contributed by atoms with van der Waals surface area (Å²) in [5.41, 5.74) is 2.15. The zero-order valence-electron chi connectivity index (χ0n) is 14.4. The molecule has 1 N–H and O–H groups in total. The summed E-state index contributed by atoms with van der Waals surface area (Å²) >= 11 is 6.00. The van der Waals surface area contributed by atoms with Crippen LogP contribution in [0, 0.1) is 12.7 Å². The lowest BCUT2D eigenvalue weighted by atomic mass is 9.85. The van der Waals surface area contributed by atoms with Gasteiger partial charge in [0.25, 0.3) is 0 Å². The number of ketones is 1. The molecule has 0 bridgehead atoms. The smallest absolute Gasteiger partial charge is 0.226 e. The molecule has 0 spiro atoms.